The molecule has 1 aromatic heterocycles. The van der Waals surface area contributed by atoms with Crippen molar-refractivity contribution in [2.24, 2.45) is 0 Å². The summed E-state index contributed by atoms with van der Waals surface area (Å²) in [4.78, 5) is 15.4. The number of nitrogens with zero attached hydrogens (tertiary/aromatic N) is 2. The highest BCUT2D eigenvalue weighted by atomic mass is 32.2. The monoisotopic (exact) mass is 264 g/mol. The van der Waals surface area contributed by atoms with E-state index in [9.17, 15) is 4.79 Å². The number of hydrogen-bond donors (Lipinski definition) is 1. The van der Waals surface area contributed by atoms with Crippen LogP contribution in [-0.4, -0.2) is 25.9 Å². The lowest BCUT2D eigenvalue weighted by atomic mass is 10.3. The Morgan fingerprint density at radius 1 is 1.50 bits per heavy atom. The molecule has 0 bridgehead atoms. The van der Waals surface area contributed by atoms with Gasteiger partial charge in [-0.2, -0.15) is 0 Å². The average Bonchev–Trinajstić information content (AvgIpc) is 2.68. The molecule has 0 fully saturated rings. The quantitative estimate of drug-likeness (QED) is 0.843. The predicted octanol–water partition coefficient (Wildman–Crippen LogP) is 3.01. The minimum Gasteiger partial charge on any atom is -0.480 e. The first-order chi connectivity index (χ1) is 8.63. The number of benzene rings is 1. The molecule has 5 heteroatoms. The largest absolute Gasteiger partial charge is 0.480 e. The first-order valence-corrected chi connectivity index (χ1v) is 6.86. The second kappa shape index (κ2) is 5.44. The molecular formula is C13H16N2O2S. The Bertz CT molecular complexity index is 565. The van der Waals surface area contributed by atoms with Crippen molar-refractivity contribution in [3.8, 4) is 0 Å². The maximum Gasteiger partial charge on any atom is 0.316 e. The van der Waals surface area contributed by atoms with Crippen molar-refractivity contribution < 1.29 is 9.90 Å². The number of aryl methyl sites for hydroxylation is 1. The van der Waals surface area contributed by atoms with Gasteiger partial charge in [0.25, 0.3) is 0 Å². The van der Waals surface area contributed by atoms with Gasteiger partial charge in [0.15, 0.2) is 5.16 Å². The van der Waals surface area contributed by atoms with E-state index in [4.69, 9.17) is 5.11 Å². The Balaban J connectivity index is 2.42. The number of aromatic nitrogens is 2. The third-order valence-electron chi connectivity index (χ3n) is 2.70. The summed E-state index contributed by atoms with van der Waals surface area (Å²) in [5.74, 6) is -0.810. The van der Waals surface area contributed by atoms with Crippen LogP contribution in [0.3, 0.4) is 0 Å². The van der Waals surface area contributed by atoms with E-state index in [1.165, 1.54) is 11.8 Å². The zero-order valence-corrected chi connectivity index (χ0v) is 11.3. The molecule has 0 saturated heterocycles. The number of para-hydroxylation sites is 2. The lowest BCUT2D eigenvalue weighted by Crippen LogP contribution is -2.12. The van der Waals surface area contributed by atoms with Crippen molar-refractivity contribution in [2.75, 3.05) is 0 Å². The summed E-state index contributed by atoms with van der Waals surface area (Å²) in [7, 11) is 0. The maximum absolute atomic E-state index is 10.9. The number of aliphatic carboxylic acids is 1. The molecule has 2 aromatic rings. The van der Waals surface area contributed by atoms with Crippen LogP contribution >= 0.6 is 11.8 Å². The molecule has 4 nitrogen and oxygen atoms in total. The van der Waals surface area contributed by atoms with E-state index in [1.54, 1.807) is 6.92 Å². The van der Waals surface area contributed by atoms with Crippen molar-refractivity contribution in [3.63, 3.8) is 0 Å². The van der Waals surface area contributed by atoms with Crippen LogP contribution < -0.4 is 0 Å². The van der Waals surface area contributed by atoms with Crippen molar-refractivity contribution >= 4 is 28.8 Å². The molecule has 1 aromatic carbocycles. The summed E-state index contributed by atoms with van der Waals surface area (Å²) in [6.07, 6.45) is 0.995. The molecule has 2 rings (SSSR count). The van der Waals surface area contributed by atoms with Crippen molar-refractivity contribution in [1.29, 1.82) is 0 Å². The minimum atomic E-state index is -0.810. The van der Waals surface area contributed by atoms with Gasteiger partial charge in [-0.05, 0) is 25.5 Å². The standard InChI is InChI=1S/C13H16N2O2S/c1-3-8-15-11-7-5-4-6-10(11)14-13(15)18-9(2)12(16)17/h4-7,9H,3,8H2,1-2H3,(H,16,17)/t9-/m0/s1. The van der Waals surface area contributed by atoms with E-state index in [2.05, 4.69) is 16.5 Å². The van der Waals surface area contributed by atoms with Gasteiger partial charge in [-0.1, -0.05) is 30.8 Å². The summed E-state index contributed by atoms with van der Waals surface area (Å²) in [6, 6.07) is 7.90. The van der Waals surface area contributed by atoms with Gasteiger partial charge in [-0.3, -0.25) is 4.79 Å². The summed E-state index contributed by atoms with van der Waals surface area (Å²) in [6.45, 7) is 4.64. The van der Waals surface area contributed by atoms with Crippen LogP contribution in [0.1, 0.15) is 20.3 Å². The molecule has 0 unspecified atom stereocenters. The SMILES string of the molecule is CCCn1c(S[C@@H](C)C(=O)O)nc2ccccc21. The third kappa shape index (κ3) is 2.51. The summed E-state index contributed by atoms with van der Waals surface area (Å²) in [5, 5.41) is 9.28. The highest BCUT2D eigenvalue weighted by Gasteiger charge is 2.18. The molecule has 18 heavy (non-hydrogen) atoms. The number of carboxylic acids is 1. The number of imidazole rings is 1. The van der Waals surface area contributed by atoms with Gasteiger partial charge >= 0.3 is 5.97 Å². The molecular weight excluding hydrogens is 248 g/mol. The van der Waals surface area contributed by atoms with Crippen molar-refractivity contribution in [2.45, 2.75) is 37.2 Å². The Hall–Kier alpha value is -1.49. The van der Waals surface area contributed by atoms with Crippen LogP contribution in [0.2, 0.25) is 0 Å². The third-order valence-corrected chi connectivity index (χ3v) is 3.77. The first kappa shape index (κ1) is 13.0. The lowest BCUT2D eigenvalue weighted by molar-refractivity contribution is -0.136. The Labute approximate surface area is 110 Å². The molecule has 1 N–H and O–H groups in total. The molecule has 1 atom stereocenters. The normalized spacial score (nSPS) is 12.8. The first-order valence-electron chi connectivity index (χ1n) is 5.98. The molecule has 0 spiro atoms. The van der Waals surface area contributed by atoms with E-state index >= 15 is 0 Å². The van der Waals surface area contributed by atoms with Gasteiger partial charge in [0.2, 0.25) is 0 Å². The van der Waals surface area contributed by atoms with Crippen LogP contribution in [0.5, 0.6) is 0 Å². The molecule has 1 heterocycles. The summed E-state index contributed by atoms with van der Waals surface area (Å²) < 4.78 is 2.10. The van der Waals surface area contributed by atoms with E-state index in [-0.39, 0.29) is 0 Å². The Morgan fingerprint density at radius 3 is 2.89 bits per heavy atom. The van der Waals surface area contributed by atoms with Gasteiger partial charge < -0.3 is 9.67 Å². The van der Waals surface area contributed by atoms with Gasteiger partial charge in [0, 0.05) is 6.54 Å². The fourth-order valence-electron chi connectivity index (χ4n) is 1.79. The number of fused-ring (bicyclic) bond motifs is 1. The second-order valence-electron chi connectivity index (χ2n) is 4.13. The van der Waals surface area contributed by atoms with E-state index in [1.807, 2.05) is 24.3 Å². The Kier molecular flexibility index (Phi) is 3.91. The average molecular weight is 264 g/mol. The minimum absolute atomic E-state index is 0.489. The fourth-order valence-corrected chi connectivity index (χ4v) is 2.68. The van der Waals surface area contributed by atoms with Gasteiger partial charge in [0.1, 0.15) is 5.25 Å². The highest BCUT2D eigenvalue weighted by molar-refractivity contribution is 8.00. The molecule has 0 amide bonds. The van der Waals surface area contributed by atoms with E-state index < -0.39 is 11.2 Å². The lowest BCUT2D eigenvalue weighted by Gasteiger charge is -2.09. The number of thioether (sulfide) groups is 1. The van der Waals surface area contributed by atoms with Crippen LogP contribution in [0.15, 0.2) is 29.4 Å². The fraction of sp³-hybridized carbons (Fsp3) is 0.385. The molecule has 0 saturated carbocycles. The number of carbonyl (C=O) groups is 1. The molecule has 0 radical (unpaired) electrons. The van der Waals surface area contributed by atoms with Gasteiger partial charge in [0.05, 0.1) is 11.0 Å². The zero-order valence-electron chi connectivity index (χ0n) is 10.5. The highest BCUT2D eigenvalue weighted by Crippen LogP contribution is 2.27. The van der Waals surface area contributed by atoms with Gasteiger partial charge in [-0.15, -0.1) is 0 Å². The van der Waals surface area contributed by atoms with Crippen LogP contribution in [0.4, 0.5) is 0 Å². The van der Waals surface area contributed by atoms with Crippen LogP contribution in [-0.2, 0) is 11.3 Å². The molecule has 96 valence electrons. The zero-order chi connectivity index (χ0) is 13.1. The Morgan fingerprint density at radius 2 is 2.22 bits per heavy atom. The summed E-state index contributed by atoms with van der Waals surface area (Å²) in [5.41, 5.74) is 1.99. The molecule has 0 aliphatic rings. The van der Waals surface area contributed by atoms with Crippen LogP contribution in [0.25, 0.3) is 11.0 Å². The van der Waals surface area contributed by atoms with Gasteiger partial charge in [-0.25, -0.2) is 4.98 Å². The molecule has 0 aliphatic carbocycles. The second-order valence-corrected chi connectivity index (χ2v) is 5.44. The number of hydrogen-bond acceptors (Lipinski definition) is 3. The number of carboxylic acid groups (broad SMARTS) is 1. The maximum atomic E-state index is 10.9. The van der Waals surface area contributed by atoms with Crippen molar-refractivity contribution in [3.05, 3.63) is 24.3 Å². The predicted molar refractivity (Wildman–Crippen MR) is 73.0 cm³/mol. The summed E-state index contributed by atoms with van der Waals surface area (Å²) >= 11 is 1.30. The smallest absolute Gasteiger partial charge is 0.316 e. The van der Waals surface area contributed by atoms with E-state index in [0.717, 1.165) is 29.2 Å². The van der Waals surface area contributed by atoms with E-state index in [0.29, 0.717) is 0 Å². The number of rotatable bonds is 5. The van der Waals surface area contributed by atoms with Crippen LogP contribution in [0, 0.1) is 0 Å². The van der Waals surface area contributed by atoms with Crippen molar-refractivity contribution in [1.82, 2.24) is 9.55 Å². The topological polar surface area (TPSA) is 55.1 Å². The molecule has 0 aliphatic heterocycles.